The smallest absolute Gasteiger partial charge is 0.305 e. The predicted octanol–water partition coefficient (Wildman–Crippen LogP) is 2.00. The zero-order chi connectivity index (χ0) is 12.3. The maximum atomic E-state index is 13.4. The van der Waals surface area contributed by atoms with E-state index in [1.807, 2.05) is 0 Å². The van der Waals surface area contributed by atoms with E-state index in [1.165, 1.54) is 6.07 Å². The molecule has 3 nitrogen and oxygen atoms in total. The van der Waals surface area contributed by atoms with E-state index in [0.717, 1.165) is 6.07 Å². The minimum Gasteiger partial charge on any atom is -0.481 e. The lowest BCUT2D eigenvalue weighted by Gasteiger charge is -2.12. The highest BCUT2D eigenvalue weighted by atomic mass is 19.2. The Balaban J connectivity index is 3.10. The number of aryl methyl sites for hydroxylation is 1. The van der Waals surface area contributed by atoms with Crippen LogP contribution in [0.2, 0.25) is 0 Å². The van der Waals surface area contributed by atoms with Crippen LogP contribution in [0.3, 0.4) is 0 Å². The van der Waals surface area contributed by atoms with Gasteiger partial charge in [0.2, 0.25) is 0 Å². The molecule has 0 aliphatic carbocycles. The molecule has 0 amide bonds. The lowest BCUT2D eigenvalue weighted by atomic mass is 10.00. The van der Waals surface area contributed by atoms with E-state index in [9.17, 15) is 13.6 Å². The molecule has 0 saturated carbocycles. The van der Waals surface area contributed by atoms with Crippen LogP contribution in [0.1, 0.15) is 30.5 Å². The maximum Gasteiger partial charge on any atom is 0.305 e. The van der Waals surface area contributed by atoms with E-state index >= 15 is 0 Å². The lowest BCUT2D eigenvalue weighted by Crippen LogP contribution is -2.17. The van der Waals surface area contributed by atoms with Crippen molar-refractivity contribution >= 4 is 5.97 Å². The number of halogens is 2. The van der Waals surface area contributed by atoms with Gasteiger partial charge >= 0.3 is 5.97 Å². The molecule has 0 aromatic heterocycles. The summed E-state index contributed by atoms with van der Waals surface area (Å²) >= 11 is 0. The maximum absolute atomic E-state index is 13.4. The van der Waals surface area contributed by atoms with E-state index in [2.05, 4.69) is 0 Å². The molecule has 0 aliphatic heterocycles. The van der Waals surface area contributed by atoms with Crippen molar-refractivity contribution in [2.75, 3.05) is 0 Å². The van der Waals surface area contributed by atoms with Gasteiger partial charge in [-0.25, -0.2) is 8.78 Å². The summed E-state index contributed by atoms with van der Waals surface area (Å²) in [7, 11) is 0. The van der Waals surface area contributed by atoms with Gasteiger partial charge in [0.05, 0.1) is 6.42 Å². The van der Waals surface area contributed by atoms with Crippen molar-refractivity contribution in [1.82, 2.24) is 0 Å². The minimum absolute atomic E-state index is 0.0840. The average Bonchev–Trinajstić information content (AvgIpc) is 2.20. The second-order valence-electron chi connectivity index (χ2n) is 3.54. The summed E-state index contributed by atoms with van der Waals surface area (Å²) in [5.41, 5.74) is 6.01. The number of carbonyl (C=O) groups is 1. The number of benzene rings is 1. The highest BCUT2D eigenvalue weighted by Gasteiger charge is 2.18. The van der Waals surface area contributed by atoms with Gasteiger partial charge < -0.3 is 10.8 Å². The van der Waals surface area contributed by atoms with E-state index in [-0.39, 0.29) is 5.56 Å². The highest BCUT2D eigenvalue weighted by Crippen LogP contribution is 2.22. The molecule has 0 saturated heterocycles. The van der Waals surface area contributed by atoms with E-state index in [1.54, 1.807) is 6.92 Å². The molecule has 0 aliphatic rings. The molecule has 1 unspecified atom stereocenters. The second-order valence-corrected chi connectivity index (χ2v) is 3.54. The van der Waals surface area contributed by atoms with Crippen molar-refractivity contribution in [3.63, 3.8) is 0 Å². The molecule has 16 heavy (non-hydrogen) atoms. The van der Waals surface area contributed by atoms with Crippen molar-refractivity contribution in [3.05, 3.63) is 34.9 Å². The summed E-state index contributed by atoms with van der Waals surface area (Å²) < 4.78 is 26.5. The first-order valence-electron chi connectivity index (χ1n) is 4.90. The van der Waals surface area contributed by atoms with Crippen LogP contribution >= 0.6 is 0 Å². The molecule has 0 heterocycles. The summed E-state index contributed by atoms with van der Waals surface area (Å²) in [6, 6.07) is 1.47. The van der Waals surface area contributed by atoms with Crippen LogP contribution in [0.15, 0.2) is 12.1 Å². The van der Waals surface area contributed by atoms with Gasteiger partial charge in [0.15, 0.2) is 11.6 Å². The molecule has 5 heteroatoms. The van der Waals surface area contributed by atoms with E-state index < -0.39 is 30.1 Å². The third-order valence-electron chi connectivity index (χ3n) is 2.32. The van der Waals surface area contributed by atoms with Crippen molar-refractivity contribution in [2.45, 2.75) is 25.8 Å². The van der Waals surface area contributed by atoms with Crippen LogP contribution in [0.5, 0.6) is 0 Å². The van der Waals surface area contributed by atoms with Gasteiger partial charge in [-0.1, -0.05) is 13.0 Å². The number of rotatable bonds is 4. The predicted molar refractivity (Wildman–Crippen MR) is 54.9 cm³/mol. The Hall–Kier alpha value is -1.49. The quantitative estimate of drug-likeness (QED) is 0.830. The van der Waals surface area contributed by atoms with E-state index in [0.29, 0.717) is 12.0 Å². The van der Waals surface area contributed by atoms with Crippen molar-refractivity contribution in [1.29, 1.82) is 0 Å². The van der Waals surface area contributed by atoms with E-state index in [4.69, 9.17) is 10.8 Å². The molecule has 3 N–H and O–H groups in total. The van der Waals surface area contributed by atoms with Gasteiger partial charge in [0.1, 0.15) is 0 Å². The van der Waals surface area contributed by atoms with Crippen LogP contribution < -0.4 is 5.73 Å². The molecular weight excluding hydrogens is 216 g/mol. The van der Waals surface area contributed by atoms with Crippen LogP contribution in [-0.4, -0.2) is 11.1 Å². The summed E-state index contributed by atoms with van der Waals surface area (Å²) in [6.45, 7) is 1.79. The lowest BCUT2D eigenvalue weighted by molar-refractivity contribution is -0.137. The Bertz CT molecular complexity index is 407. The number of hydrogen-bond acceptors (Lipinski definition) is 2. The summed E-state index contributed by atoms with van der Waals surface area (Å²) in [6.07, 6.45) is 0.105. The van der Waals surface area contributed by atoms with Gasteiger partial charge in [0.25, 0.3) is 0 Å². The third kappa shape index (κ3) is 2.76. The van der Waals surface area contributed by atoms with Gasteiger partial charge in [0, 0.05) is 11.6 Å². The summed E-state index contributed by atoms with van der Waals surface area (Å²) in [5.74, 6) is -3.20. The Morgan fingerprint density at radius 2 is 2.12 bits per heavy atom. The normalized spacial score (nSPS) is 12.5. The number of hydrogen-bond donors (Lipinski definition) is 2. The van der Waals surface area contributed by atoms with Crippen LogP contribution in [0.4, 0.5) is 8.78 Å². The van der Waals surface area contributed by atoms with Crippen molar-refractivity contribution in [2.24, 2.45) is 5.73 Å². The first kappa shape index (κ1) is 12.6. The second kappa shape index (κ2) is 5.03. The molecule has 0 fully saturated rings. The zero-order valence-electron chi connectivity index (χ0n) is 8.84. The summed E-state index contributed by atoms with van der Waals surface area (Å²) in [4.78, 5) is 10.4. The van der Waals surface area contributed by atoms with Crippen LogP contribution in [0.25, 0.3) is 0 Å². The molecular formula is C11H13F2NO2. The Labute approximate surface area is 91.9 Å². The average molecular weight is 229 g/mol. The monoisotopic (exact) mass is 229 g/mol. The Kier molecular flexibility index (Phi) is 3.95. The van der Waals surface area contributed by atoms with Crippen molar-refractivity contribution in [3.8, 4) is 0 Å². The largest absolute Gasteiger partial charge is 0.481 e. The number of nitrogens with two attached hydrogens (primary N) is 1. The molecule has 88 valence electrons. The molecule has 1 atom stereocenters. The molecule has 1 aromatic rings. The first-order chi connectivity index (χ1) is 7.45. The summed E-state index contributed by atoms with van der Waals surface area (Å²) in [5, 5.41) is 8.54. The minimum atomic E-state index is -1.14. The topological polar surface area (TPSA) is 63.3 Å². The number of aliphatic carboxylic acids is 1. The van der Waals surface area contributed by atoms with Gasteiger partial charge in [-0.15, -0.1) is 0 Å². The fourth-order valence-corrected chi connectivity index (χ4v) is 1.44. The Morgan fingerprint density at radius 3 is 2.62 bits per heavy atom. The third-order valence-corrected chi connectivity index (χ3v) is 2.32. The van der Waals surface area contributed by atoms with Gasteiger partial charge in [-0.2, -0.15) is 0 Å². The molecule has 0 radical (unpaired) electrons. The number of carboxylic acids is 1. The molecule has 1 aromatic carbocycles. The standard InChI is InChI=1S/C11H13F2NO2/c1-2-6-3-7(9(14)5-10(15)16)11(13)8(12)4-6/h3-4,9H,2,5,14H2,1H3,(H,15,16). The molecule has 0 spiro atoms. The molecule has 1 rings (SSSR count). The SMILES string of the molecule is CCc1cc(F)c(F)c(C(N)CC(=O)O)c1. The van der Waals surface area contributed by atoms with Crippen LogP contribution in [0, 0.1) is 11.6 Å². The molecule has 0 bridgehead atoms. The number of carboxylic acid groups (broad SMARTS) is 1. The highest BCUT2D eigenvalue weighted by molar-refractivity contribution is 5.67. The van der Waals surface area contributed by atoms with Crippen LogP contribution in [-0.2, 0) is 11.2 Å². The zero-order valence-corrected chi connectivity index (χ0v) is 8.84. The fourth-order valence-electron chi connectivity index (χ4n) is 1.44. The first-order valence-corrected chi connectivity index (χ1v) is 4.90. The van der Waals surface area contributed by atoms with Gasteiger partial charge in [-0.3, -0.25) is 4.79 Å². The van der Waals surface area contributed by atoms with Crippen molar-refractivity contribution < 1.29 is 18.7 Å². The Morgan fingerprint density at radius 1 is 1.50 bits per heavy atom. The van der Waals surface area contributed by atoms with Gasteiger partial charge in [-0.05, 0) is 18.1 Å². The fraction of sp³-hybridized carbons (Fsp3) is 0.364.